The number of para-hydroxylation sites is 2. The Morgan fingerprint density at radius 3 is 2.86 bits per heavy atom. The van der Waals surface area contributed by atoms with Crippen molar-refractivity contribution >= 4 is 0 Å². The first kappa shape index (κ1) is 12.6. The second kappa shape index (κ2) is 5.33. The van der Waals surface area contributed by atoms with E-state index in [9.17, 15) is 0 Å². The molecule has 1 saturated carbocycles. The maximum atomic E-state index is 5.94. The maximum absolute atomic E-state index is 5.94. The number of hydrogen-bond acceptors (Lipinski definition) is 5. The van der Waals surface area contributed by atoms with Gasteiger partial charge in [-0.1, -0.05) is 12.1 Å². The molecule has 1 aliphatic heterocycles. The zero-order valence-corrected chi connectivity index (χ0v) is 11.7. The molecular formula is C16H17N3O2. The van der Waals surface area contributed by atoms with Crippen molar-refractivity contribution in [3.8, 4) is 11.5 Å². The number of rotatable bonds is 4. The van der Waals surface area contributed by atoms with Gasteiger partial charge >= 0.3 is 0 Å². The molecule has 108 valence electrons. The molecule has 0 amide bonds. The van der Waals surface area contributed by atoms with Crippen molar-refractivity contribution in [3.05, 3.63) is 48.0 Å². The molecule has 1 aromatic heterocycles. The summed E-state index contributed by atoms with van der Waals surface area (Å²) < 4.78 is 11.7. The molecule has 5 heteroatoms. The maximum Gasteiger partial charge on any atom is 0.192 e. The van der Waals surface area contributed by atoms with Crippen molar-refractivity contribution in [2.75, 3.05) is 6.61 Å². The largest absolute Gasteiger partial charge is 0.485 e. The van der Waals surface area contributed by atoms with Crippen LogP contribution in [-0.2, 0) is 6.54 Å². The molecule has 0 spiro atoms. The van der Waals surface area contributed by atoms with Crippen LogP contribution in [0.1, 0.15) is 30.5 Å². The first-order valence-corrected chi connectivity index (χ1v) is 7.32. The van der Waals surface area contributed by atoms with Crippen molar-refractivity contribution in [1.29, 1.82) is 0 Å². The molecule has 2 aliphatic rings. The van der Waals surface area contributed by atoms with E-state index in [4.69, 9.17) is 9.47 Å². The molecule has 5 nitrogen and oxygen atoms in total. The topological polar surface area (TPSA) is 56.3 Å². The Morgan fingerprint density at radius 1 is 1.14 bits per heavy atom. The van der Waals surface area contributed by atoms with Gasteiger partial charge in [0.2, 0.25) is 0 Å². The zero-order valence-electron chi connectivity index (χ0n) is 11.7. The predicted octanol–water partition coefficient (Wildman–Crippen LogP) is 2.24. The number of aromatic nitrogens is 2. The van der Waals surface area contributed by atoms with Crippen LogP contribution in [0.4, 0.5) is 0 Å². The van der Waals surface area contributed by atoms with Gasteiger partial charge in [0.15, 0.2) is 23.4 Å². The van der Waals surface area contributed by atoms with E-state index in [2.05, 4.69) is 15.3 Å². The summed E-state index contributed by atoms with van der Waals surface area (Å²) in [7, 11) is 0. The van der Waals surface area contributed by atoms with E-state index in [0.29, 0.717) is 18.5 Å². The van der Waals surface area contributed by atoms with E-state index < -0.39 is 0 Å². The first-order valence-electron chi connectivity index (χ1n) is 7.32. The van der Waals surface area contributed by atoms with E-state index in [1.165, 1.54) is 12.8 Å². The normalized spacial score (nSPS) is 20.3. The van der Waals surface area contributed by atoms with Crippen LogP contribution >= 0.6 is 0 Å². The van der Waals surface area contributed by atoms with Crippen LogP contribution in [0.15, 0.2) is 36.5 Å². The molecule has 1 atom stereocenters. The highest BCUT2D eigenvalue weighted by atomic mass is 16.6. The van der Waals surface area contributed by atoms with Crippen molar-refractivity contribution < 1.29 is 9.47 Å². The minimum Gasteiger partial charge on any atom is -0.485 e. The van der Waals surface area contributed by atoms with Crippen LogP contribution in [-0.4, -0.2) is 22.6 Å². The Morgan fingerprint density at radius 2 is 2.00 bits per heavy atom. The summed E-state index contributed by atoms with van der Waals surface area (Å²) in [4.78, 5) is 8.93. The zero-order chi connectivity index (χ0) is 14.1. The van der Waals surface area contributed by atoms with Crippen molar-refractivity contribution in [3.63, 3.8) is 0 Å². The molecular weight excluding hydrogens is 266 g/mol. The molecule has 2 heterocycles. The lowest BCUT2D eigenvalue weighted by Crippen LogP contribution is -2.24. The van der Waals surface area contributed by atoms with Gasteiger partial charge in [-0.05, 0) is 31.0 Å². The number of benzene rings is 1. The average molecular weight is 283 g/mol. The Labute approximate surface area is 123 Å². The third-order valence-corrected chi connectivity index (χ3v) is 3.68. The molecule has 0 saturated heterocycles. The second-order valence-electron chi connectivity index (χ2n) is 5.43. The highest BCUT2D eigenvalue weighted by molar-refractivity contribution is 5.41. The van der Waals surface area contributed by atoms with E-state index in [1.807, 2.05) is 30.3 Å². The van der Waals surface area contributed by atoms with Gasteiger partial charge in [-0.2, -0.15) is 0 Å². The van der Waals surface area contributed by atoms with E-state index in [1.54, 1.807) is 6.20 Å². The number of nitrogens with one attached hydrogen (secondary N) is 1. The lowest BCUT2D eigenvalue weighted by molar-refractivity contribution is 0.0848. The molecule has 0 radical (unpaired) electrons. The van der Waals surface area contributed by atoms with Crippen molar-refractivity contribution in [2.45, 2.75) is 31.5 Å². The quantitative estimate of drug-likeness (QED) is 0.932. The average Bonchev–Trinajstić information content (AvgIpc) is 3.37. The Bertz CT molecular complexity index is 643. The molecule has 1 aromatic carbocycles. The SMILES string of the molecule is c1ccc2c(c1)OCC(c1nccc(CNC3CC3)n1)O2. The van der Waals surface area contributed by atoms with Gasteiger partial charge < -0.3 is 14.8 Å². The van der Waals surface area contributed by atoms with Gasteiger partial charge in [-0.15, -0.1) is 0 Å². The van der Waals surface area contributed by atoms with E-state index in [-0.39, 0.29) is 6.10 Å². The summed E-state index contributed by atoms with van der Waals surface area (Å²) in [6, 6.07) is 10.3. The molecule has 1 unspecified atom stereocenters. The standard InChI is InChI=1S/C16H17N3O2/c1-2-4-14-13(3-1)20-10-15(21-14)16-17-8-7-12(19-16)9-18-11-5-6-11/h1-4,7-8,11,15,18H,5-6,9-10H2. The first-order chi connectivity index (χ1) is 10.4. The van der Waals surface area contributed by atoms with Gasteiger partial charge in [0.25, 0.3) is 0 Å². The Kier molecular flexibility index (Phi) is 3.20. The van der Waals surface area contributed by atoms with Crippen molar-refractivity contribution in [2.24, 2.45) is 0 Å². The monoisotopic (exact) mass is 283 g/mol. The van der Waals surface area contributed by atoms with Crippen LogP contribution in [0.5, 0.6) is 11.5 Å². The second-order valence-corrected chi connectivity index (χ2v) is 5.43. The molecule has 1 fully saturated rings. The minimum atomic E-state index is -0.249. The summed E-state index contributed by atoms with van der Waals surface area (Å²) in [5.41, 5.74) is 0.995. The highest BCUT2D eigenvalue weighted by Gasteiger charge is 2.25. The molecule has 0 bridgehead atoms. The summed E-state index contributed by atoms with van der Waals surface area (Å²) in [6.07, 6.45) is 4.08. The van der Waals surface area contributed by atoms with Crippen LogP contribution < -0.4 is 14.8 Å². The molecule has 21 heavy (non-hydrogen) atoms. The molecule has 1 aliphatic carbocycles. The summed E-state index contributed by atoms with van der Waals surface area (Å²) >= 11 is 0. The lowest BCUT2D eigenvalue weighted by atomic mass is 10.2. The minimum absolute atomic E-state index is 0.249. The summed E-state index contributed by atoms with van der Waals surface area (Å²) in [5, 5.41) is 3.46. The van der Waals surface area contributed by atoms with Crippen LogP contribution in [0, 0.1) is 0 Å². The third-order valence-electron chi connectivity index (χ3n) is 3.68. The number of hydrogen-bond donors (Lipinski definition) is 1. The van der Waals surface area contributed by atoms with Gasteiger partial charge in [0.05, 0.1) is 5.69 Å². The van der Waals surface area contributed by atoms with E-state index >= 15 is 0 Å². The number of fused-ring (bicyclic) bond motifs is 1. The Hall–Kier alpha value is -2.14. The van der Waals surface area contributed by atoms with Crippen LogP contribution in [0.3, 0.4) is 0 Å². The van der Waals surface area contributed by atoms with Crippen molar-refractivity contribution in [1.82, 2.24) is 15.3 Å². The Balaban J connectivity index is 1.49. The predicted molar refractivity (Wildman–Crippen MR) is 77.2 cm³/mol. The van der Waals surface area contributed by atoms with Gasteiger partial charge in [0, 0.05) is 18.8 Å². The number of nitrogens with zero attached hydrogens (tertiary/aromatic N) is 2. The fourth-order valence-electron chi connectivity index (χ4n) is 2.35. The summed E-state index contributed by atoms with van der Waals surface area (Å²) in [5.74, 6) is 2.21. The lowest BCUT2D eigenvalue weighted by Gasteiger charge is -2.25. The molecule has 2 aromatic rings. The van der Waals surface area contributed by atoms with Gasteiger partial charge in [-0.25, -0.2) is 9.97 Å². The van der Waals surface area contributed by atoms with Crippen LogP contribution in [0.2, 0.25) is 0 Å². The van der Waals surface area contributed by atoms with Crippen LogP contribution in [0.25, 0.3) is 0 Å². The smallest absolute Gasteiger partial charge is 0.192 e. The third kappa shape index (κ3) is 2.83. The fourth-order valence-corrected chi connectivity index (χ4v) is 2.35. The fraction of sp³-hybridized carbons (Fsp3) is 0.375. The summed E-state index contributed by atoms with van der Waals surface area (Å²) in [6.45, 7) is 1.22. The van der Waals surface area contributed by atoms with Gasteiger partial charge in [-0.3, -0.25) is 0 Å². The highest BCUT2D eigenvalue weighted by Crippen LogP contribution is 2.34. The molecule has 1 N–H and O–H groups in total. The molecule has 4 rings (SSSR count). The van der Waals surface area contributed by atoms with Gasteiger partial charge in [0.1, 0.15) is 6.61 Å². The number of ether oxygens (including phenoxy) is 2. The van der Waals surface area contributed by atoms with E-state index in [0.717, 1.165) is 23.7 Å².